The Kier molecular flexibility index (Phi) is 6.73. The van der Waals surface area contributed by atoms with Gasteiger partial charge in [0.25, 0.3) is 5.91 Å². The minimum atomic E-state index is -4.89. The molecule has 0 radical (unpaired) electrons. The van der Waals surface area contributed by atoms with Crippen LogP contribution in [0, 0.1) is 6.92 Å². The average Bonchev–Trinajstić information content (AvgIpc) is 3.18. The second-order valence-electron chi connectivity index (χ2n) is 6.73. The quantitative estimate of drug-likeness (QED) is 0.569. The van der Waals surface area contributed by atoms with E-state index < -0.39 is 35.8 Å². The van der Waals surface area contributed by atoms with E-state index in [0.717, 1.165) is 11.8 Å². The first-order chi connectivity index (χ1) is 15.1. The molecule has 0 aliphatic carbocycles. The Morgan fingerprint density at radius 1 is 1.19 bits per heavy atom. The molecule has 11 heteroatoms. The van der Waals surface area contributed by atoms with E-state index in [1.807, 2.05) is 6.92 Å². The van der Waals surface area contributed by atoms with Gasteiger partial charge < -0.3 is 15.4 Å². The van der Waals surface area contributed by atoms with Crippen molar-refractivity contribution in [1.29, 1.82) is 0 Å². The summed E-state index contributed by atoms with van der Waals surface area (Å²) in [5.74, 6) is -1.34. The van der Waals surface area contributed by atoms with E-state index in [9.17, 15) is 22.8 Å². The highest BCUT2D eigenvalue weighted by molar-refractivity contribution is 6.30. The van der Waals surface area contributed by atoms with Gasteiger partial charge in [-0.25, -0.2) is 4.68 Å². The lowest BCUT2D eigenvalue weighted by Crippen LogP contribution is -2.34. The second-order valence-corrected chi connectivity index (χ2v) is 7.17. The molecule has 0 saturated heterocycles. The Bertz CT molecular complexity index is 1160. The molecule has 1 heterocycles. The summed E-state index contributed by atoms with van der Waals surface area (Å²) in [5, 5.41) is 8.65. The van der Waals surface area contributed by atoms with Gasteiger partial charge in [0.15, 0.2) is 5.69 Å². The first kappa shape index (κ1) is 23.1. The zero-order chi connectivity index (χ0) is 23.5. The van der Waals surface area contributed by atoms with Gasteiger partial charge in [-0.15, -0.1) is 0 Å². The van der Waals surface area contributed by atoms with Gasteiger partial charge in [0.1, 0.15) is 5.75 Å². The second kappa shape index (κ2) is 9.31. The molecule has 2 N–H and O–H groups in total. The highest BCUT2D eigenvalue weighted by Gasteiger charge is 2.40. The number of benzene rings is 2. The SMILES string of the molecule is COc1ccc(C)cc1NC(=O)CNC(=O)c1cnn(-c2cccc(Cl)c2)c1C(F)(F)F. The van der Waals surface area contributed by atoms with Crippen molar-refractivity contribution >= 4 is 29.1 Å². The van der Waals surface area contributed by atoms with Crippen LogP contribution in [0.4, 0.5) is 18.9 Å². The predicted octanol–water partition coefficient (Wildman–Crippen LogP) is 4.23. The van der Waals surface area contributed by atoms with Crippen molar-refractivity contribution in [3.05, 3.63) is 70.5 Å². The number of methoxy groups -OCH3 is 1. The Hall–Kier alpha value is -3.53. The molecule has 0 aliphatic heterocycles. The van der Waals surface area contributed by atoms with E-state index in [0.29, 0.717) is 16.1 Å². The van der Waals surface area contributed by atoms with Gasteiger partial charge in [0.2, 0.25) is 5.91 Å². The lowest BCUT2D eigenvalue weighted by atomic mass is 10.2. The maximum Gasteiger partial charge on any atom is 0.434 e. The molecule has 32 heavy (non-hydrogen) atoms. The zero-order valence-electron chi connectivity index (χ0n) is 17.0. The number of nitrogens with one attached hydrogen (secondary N) is 2. The number of rotatable bonds is 6. The Morgan fingerprint density at radius 3 is 2.59 bits per heavy atom. The van der Waals surface area contributed by atoms with Crippen LogP contribution in [0.1, 0.15) is 21.6 Å². The number of carbonyl (C=O) groups excluding carboxylic acids is 2. The molecule has 7 nitrogen and oxygen atoms in total. The van der Waals surface area contributed by atoms with Crippen LogP contribution in [0.5, 0.6) is 5.75 Å². The van der Waals surface area contributed by atoms with Crippen LogP contribution in [-0.4, -0.2) is 35.2 Å². The molecule has 1 aromatic heterocycles. The van der Waals surface area contributed by atoms with Gasteiger partial charge in [-0.3, -0.25) is 9.59 Å². The van der Waals surface area contributed by atoms with Crippen molar-refractivity contribution in [2.75, 3.05) is 19.0 Å². The third-order valence-corrected chi connectivity index (χ3v) is 4.61. The van der Waals surface area contributed by atoms with Gasteiger partial charge in [0, 0.05) is 5.02 Å². The van der Waals surface area contributed by atoms with Gasteiger partial charge >= 0.3 is 6.18 Å². The Balaban J connectivity index is 1.78. The lowest BCUT2D eigenvalue weighted by Gasteiger charge is -2.13. The molecule has 168 valence electrons. The van der Waals surface area contributed by atoms with E-state index in [-0.39, 0.29) is 10.7 Å². The monoisotopic (exact) mass is 466 g/mol. The highest BCUT2D eigenvalue weighted by Crippen LogP contribution is 2.34. The molecule has 0 saturated carbocycles. The number of alkyl halides is 3. The summed E-state index contributed by atoms with van der Waals surface area (Å²) >= 11 is 5.86. The minimum Gasteiger partial charge on any atom is -0.495 e. The van der Waals surface area contributed by atoms with Crippen molar-refractivity contribution in [3.63, 3.8) is 0 Å². The van der Waals surface area contributed by atoms with E-state index >= 15 is 0 Å². The molecule has 0 spiro atoms. The van der Waals surface area contributed by atoms with Crippen molar-refractivity contribution < 1.29 is 27.5 Å². The van der Waals surface area contributed by atoms with Crippen LogP contribution < -0.4 is 15.4 Å². The number of ether oxygens (including phenoxy) is 1. The molecule has 0 atom stereocenters. The number of amides is 2. The molecule has 3 aromatic rings. The molecule has 3 rings (SSSR count). The molecule has 2 aromatic carbocycles. The standard InChI is InChI=1S/C21H18ClF3N4O3/c1-12-6-7-17(32-2)16(8-12)28-18(30)11-26-20(31)15-10-27-29(19(15)21(23,24)25)14-5-3-4-13(22)9-14/h3-10H,11H2,1-2H3,(H,26,31)(H,28,30). The van der Waals surface area contributed by atoms with Crippen molar-refractivity contribution in [2.24, 2.45) is 0 Å². The minimum absolute atomic E-state index is 0.0353. The maximum atomic E-state index is 13.7. The summed E-state index contributed by atoms with van der Waals surface area (Å²) in [6.07, 6.45) is -4.09. The number of nitrogens with zero attached hydrogens (tertiary/aromatic N) is 2. The van der Waals surface area contributed by atoms with Crippen molar-refractivity contribution in [1.82, 2.24) is 15.1 Å². The van der Waals surface area contributed by atoms with Gasteiger partial charge in [-0.05, 0) is 42.8 Å². The van der Waals surface area contributed by atoms with Gasteiger partial charge in [-0.1, -0.05) is 23.7 Å². The maximum absolute atomic E-state index is 13.7. The first-order valence-electron chi connectivity index (χ1n) is 9.24. The molecular formula is C21H18ClF3N4O3. The summed E-state index contributed by atoms with van der Waals surface area (Å²) < 4.78 is 46.9. The van der Waals surface area contributed by atoms with Crippen LogP contribution in [0.2, 0.25) is 5.02 Å². The summed E-state index contributed by atoms with van der Waals surface area (Å²) in [4.78, 5) is 24.7. The van der Waals surface area contributed by atoms with E-state index in [4.69, 9.17) is 16.3 Å². The summed E-state index contributed by atoms with van der Waals surface area (Å²) in [7, 11) is 1.43. The lowest BCUT2D eigenvalue weighted by molar-refractivity contribution is -0.143. The number of aryl methyl sites for hydroxylation is 1. The fraction of sp³-hybridized carbons (Fsp3) is 0.190. The number of aromatic nitrogens is 2. The number of carbonyl (C=O) groups is 2. The van der Waals surface area contributed by atoms with Gasteiger partial charge in [0.05, 0.1) is 36.8 Å². The van der Waals surface area contributed by atoms with Crippen LogP contribution in [-0.2, 0) is 11.0 Å². The van der Waals surface area contributed by atoms with E-state index in [1.54, 1.807) is 18.2 Å². The molecule has 0 unspecified atom stereocenters. The number of hydrogen-bond acceptors (Lipinski definition) is 4. The Morgan fingerprint density at radius 2 is 1.94 bits per heavy atom. The van der Waals surface area contributed by atoms with Crippen LogP contribution in [0.25, 0.3) is 5.69 Å². The summed E-state index contributed by atoms with van der Waals surface area (Å²) in [6, 6.07) is 10.7. The molecule has 2 amide bonds. The molecular weight excluding hydrogens is 449 g/mol. The number of halogens is 4. The predicted molar refractivity (Wildman–Crippen MR) is 112 cm³/mol. The third-order valence-electron chi connectivity index (χ3n) is 4.37. The van der Waals surface area contributed by atoms with E-state index in [2.05, 4.69) is 15.7 Å². The number of hydrogen-bond donors (Lipinski definition) is 2. The van der Waals surface area contributed by atoms with Crippen molar-refractivity contribution in [2.45, 2.75) is 13.1 Å². The first-order valence-corrected chi connectivity index (χ1v) is 9.62. The fourth-order valence-electron chi connectivity index (χ4n) is 2.96. The topological polar surface area (TPSA) is 85.2 Å². The molecule has 0 aliphatic rings. The van der Waals surface area contributed by atoms with Crippen LogP contribution >= 0.6 is 11.6 Å². The third kappa shape index (κ3) is 5.20. The summed E-state index contributed by atoms with van der Waals surface area (Å²) in [6.45, 7) is 1.25. The average molecular weight is 467 g/mol. The van der Waals surface area contributed by atoms with Crippen molar-refractivity contribution in [3.8, 4) is 11.4 Å². The highest BCUT2D eigenvalue weighted by atomic mass is 35.5. The Labute approximate surface area is 186 Å². The largest absolute Gasteiger partial charge is 0.495 e. The smallest absolute Gasteiger partial charge is 0.434 e. The molecule has 0 fully saturated rings. The van der Waals surface area contributed by atoms with Gasteiger partial charge in [-0.2, -0.15) is 18.3 Å². The fourth-order valence-corrected chi connectivity index (χ4v) is 3.15. The zero-order valence-corrected chi connectivity index (χ0v) is 17.7. The molecule has 0 bridgehead atoms. The normalized spacial score (nSPS) is 11.2. The number of anilines is 1. The van der Waals surface area contributed by atoms with Crippen LogP contribution in [0.3, 0.4) is 0 Å². The van der Waals surface area contributed by atoms with Crippen LogP contribution in [0.15, 0.2) is 48.7 Å². The summed E-state index contributed by atoms with van der Waals surface area (Å²) in [5.41, 5.74) is -0.741. The van der Waals surface area contributed by atoms with E-state index in [1.165, 1.54) is 31.4 Å².